The van der Waals surface area contributed by atoms with Crippen molar-refractivity contribution in [2.45, 2.75) is 13.2 Å². The Balaban J connectivity index is 1.83. The lowest BCUT2D eigenvalue weighted by Crippen LogP contribution is -2.12. The maximum absolute atomic E-state index is 9.12. The number of oxime groups is 1. The first kappa shape index (κ1) is 15.8. The summed E-state index contributed by atoms with van der Waals surface area (Å²) in [6.07, 6.45) is 0. The van der Waals surface area contributed by atoms with E-state index >= 15 is 0 Å². The smallest absolute Gasteiger partial charge is 0.204 e. The van der Waals surface area contributed by atoms with Crippen molar-refractivity contribution in [2.75, 3.05) is 0 Å². The lowest BCUT2D eigenvalue weighted by Gasteiger charge is -2.06. The van der Waals surface area contributed by atoms with Crippen LogP contribution in [0.15, 0.2) is 53.7 Å². The van der Waals surface area contributed by atoms with Crippen LogP contribution >= 0.6 is 0 Å². The first-order valence-electron chi connectivity index (χ1n) is 7.31. The zero-order chi connectivity index (χ0) is 16.8. The van der Waals surface area contributed by atoms with Gasteiger partial charge >= 0.3 is 0 Å². The topological polar surface area (TPSA) is 98.3 Å². The van der Waals surface area contributed by atoms with Gasteiger partial charge in [0.25, 0.3) is 0 Å². The second-order valence-corrected chi connectivity index (χ2v) is 4.98. The molecule has 0 fully saturated rings. The number of aryl methyl sites for hydroxylation is 1. The van der Waals surface area contributed by atoms with E-state index in [-0.39, 0.29) is 13.2 Å². The minimum atomic E-state index is -0.114. The quantitative estimate of drug-likeness (QED) is 0.538. The summed E-state index contributed by atoms with van der Waals surface area (Å²) in [5.41, 5.74) is 2.63. The number of aliphatic hydroxyl groups excluding tert-OH is 1. The second kappa shape index (κ2) is 7.42. The predicted octanol–water partition coefficient (Wildman–Crippen LogP) is 1.07. The molecule has 0 radical (unpaired) electrons. The van der Waals surface area contributed by atoms with Crippen LogP contribution < -0.4 is 0 Å². The van der Waals surface area contributed by atoms with Gasteiger partial charge in [-0.05, 0) is 22.6 Å². The number of benzene rings is 1. The minimum Gasteiger partial charge on any atom is -0.390 e. The van der Waals surface area contributed by atoms with E-state index in [4.69, 9.17) is 9.94 Å². The molecule has 8 nitrogen and oxygen atoms in total. The molecule has 2 heterocycles. The number of hydrogen-bond acceptors (Lipinski definition) is 7. The van der Waals surface area contributed by atoms with Gasteiger partial charge in [0.15, 0.2) is 12.3 Å². The summed E-state index contributed by atoms with van der Waals surface area (Å²) in [4.78, 5) is 9.70. The van der Waals surface area contributed by atoms with Crippen molar-refractivity contribution in [1.82, 2.24) is 25.2 Å². The molecule has 0 amide bonds. The van der Waals surface area contributed by atoms with Crippen molar-refractivity contribution in [3.05, 3.63) is 71.3 Å². The van der Waals surface area contributed by atoms with Crippen molar-refractivity contribution in [3.8, 4) is 0 Å². The van der Waals surface area contributed by atoms with Crippen LogP contribution in [0.4, 0.5) is 0 Å². The molecule has 0 aliphatic heterocycles. The van der Waals surface area contributed by atoms with Gasteiger partial charge in [0.05, 0.1) is 18.0 Å². The Labute approximate surface area is 138 Å². The maximum atomic E-state index is 9.12. The van der Waals surface area contributed by atoms with E-state index in [0.29, 0.717) is 22.9 Å². The Bertz CT molecular complexity index is 831. The highest BCUT2D eigenvalue weighted by Crippen LogP contribution is 2.09. The van der Waals surface area contributed by atoms with E-state index in [1.54, 1.807) is 19.2 Å². The molecule has 1 N–H and O–H groups in total. The van der Waals surface area contributed by atoms with Gasteiger partial charge in [-0.2, -0.15) is 0 Å². The molecule has 0 saturated carbocycles. The number of tetrazole rings is 1. The molecule has 0 aliphatic rings. The first-order chi connectivity index (χ1) is 11.8. The third kappa shape index (κ3) is 3.61. The van der Waals surface area contributed by atoms with Gasteiger partial charge in [0.2, 0.25) is 5.82 Å². The Kier molecular flexibility index (Phi) is 4.87. The molecule has 0 unspecified atom stereocenters. The molecule has 3 aromatic rings. The summed E-state index contributed by atoms with van der Waals surface area (Å²) < 4.78 is 1.53. The van der Waals surface area contributed by atoms with Crippen LogP contribution in [0.25, 0.3) is 0 Å². The summed E-state index contributed by atoms with van der Waals surface area (Å²) in [5.74, 6) is 0.498. The third-order valence-corrected chi connectivity index (χ3v) is 3.27. The summed E-state index contributed by atoms with van der Waals surface area (Å²) in [7, 11) is 1.74. The lowest BCUT2D eigenvalue weighted by atomic mass is 10.1. The zero-order valence-electron chi connectivity index (χ0n) is 13.1. The highest BCUT2D eigenvalue weighted by molar-refractivity contribution is 6.10. The number of rotatable bonds is 6. The van der Waals surface area contributed by atoms with Crippen LogP contribution in [0.1, 0.15) is 22.8 Å². The summed E-state index contributed by atoms with van der Waals surface area (Å²) in [6.45, 7) is 0.0619. The average molecular weight is 324 g/mol. The molecule has 0 aliphatic carbocycles. The molecular weight excluding hydrogens is 308 g/mol. The van der Waals surface area contributed by atoms with E-state index in [0.717, 1.165) is 5.56 Å². The molecule has 24 heavy (non-hydrogen) atoms. The third-order valence-electron chi connectivity index (χ3n) is 3.27. The van der Waals surface area contributed by atoms with E-state index in [2.05, 4.69) is 25.7 Å². The SMILES string of the molecule is Cn1nnnc1/C(=N\OCc1cccc(CO)n1)c1ccccc1. The Morgan fingerprint density at radius 1 is 1.12 bits per heavy atom. The van der Waals surface area contributed by atoms with Gasteiger partial charge in [-0.15, -0.1) is 5.10 Å². The highest BCUT2D eigenvalue weighted by atomic mass is 16.6. The Hall–Kier alpha value is -3.13. The molecule has 1 aromatic carbocycles. The molecule has 0 saturated heterocycles. The fourth-order valence-electron chi connectivity index (χ4n) is 2.11. The molecule has 2 aromatic heterocycles. The van der Waals surface area contributed by atoms with Crippen LogP contribution in [0, 0.1) is 0 Å². The van der Waals surface area contributed by atoms with Crippen molar-refractivity contribution < 1.29 is 9.94 Å². The normalized spacial score (nSPS) is 11.5. The van der Waals surface area contributed by atoms with Gasteiger partial charge in [-0.1, -0.05) is 41.6 Å². The van der Waals surface area contributed by atoms with Crippen LogP contribution in [-0.2, 0) is 25.1 Å². The standard InChI is InChI=1S/C16H16N6O2/c1-22-16(18-20-21-22)15(12-6-3-2-4-7-12)19-24-11-14-9-5-8-13(10-23)17-14/h2-9,23H,10-11H2,1H3/b19-15-. The summed E-state index contributed by atoms with van der Waals surface area (Å²) in [6, 6.07) is 14.9. The van der Waals surface area contributed by atoms with Gasteiger partial charge in [0, 0.05) is 12.6 Å². The van der Waals surface area contributed by atoms with Gasteiger partial charge in [-0.3, -0.25) is 4.98 Å². The number of aliphatic hydroxyl groups is 1. The molecule has 122 valence electrons. The van der Waals surface area contributed by atoms with E-state index in [1.807, 2.05) is 36.4 Å². The number of aromatic nitrogens is 5. The van der Waals surface area contributed by atoms with Crippen molar-refractivity contribution in [2.24, 2.45) is 12.2 Å². The molecular formula is C16H16N6O2. The largest absolute Gasteiger partial charge is 0.390 e. The number of hydrogen-bond donors (Lipinski definition) is 1. The molecule has 3 rings (SSSR count). The second-order valence-electron chi connectivity index (χ2n) is 4.98. The Morgan fingerprint density at radius 2 is 1.92 bits per heavy atom. The number of nitrogens with zero attached hydrogens (tertiary/aromatic N) is 6. The molecule has 8 heteroatoms. The minimum absolute atomic E-state index is 0.114. The van der Waals surface area contributed by atoms with Crippen LogP contribution in [0.3, 0.4) is 0 Å². The van der Waals surface area contributed by atoms with E-state index in [1.165, 1.54) is 4.68 Å². The fraction of sp³-hybridized carbons (Fsp3) is 0.188. The van der Waals surface area contributed by atoms with Crippen molar-refractivity contribution in [3.63, 3.8) is 0 Å². The lowest BCUT2D eigenvalue weighted by molar-refractivity contribution is 0.127. The predicted molar refractivity (Wildman–Crippen MR) is 85.8 cm³/mol. The fourth-order valence-corrected chi connectivity index (χ4v) is 2.11. The highest BCUT2D eigenvalue weighted by Gasteiger charge is 2.14. The molecule has 0 atom stereocenters. The molecule has 0 bridgehead atoms. The van der Waals surface area contributed by atoms with Crippen LogP contribution in [-0.4, -0.2) is 36.0 Å². The number of pyridine rings is 1. The van der Waals surface area contributed by atoms with Gasteiger partial charge in [-0.25, -0.2) is 4.68 Å². The van der Waals surface area contributed by atoms with Gasteiger partial charge in [0.1, 0.15) is 0 Å². The van der Waals surface area contributed by atoms with Crippen LogP contribution in [0.2, 0.25) is 0 Å². The summed E-state index contributed by atoms with van der Waals surface area (Å²) >= 11 is 0. The van der Waals surface area contributed by atoms with Crippen LogP contribution in [0.5, 0.6) is 0 Å². The first-order valence-corrected chi connectivity index (χ1v) is 7.31. The van der Waals surface area contributed by atoms with Gasteiger partial charge < -0.3 is 9.94 Å². The average Bonchev–Trinajstić information content (AvgIpc) is 3.05. The maximum Gasteiger partial charge on any atom is 0.204 e. The monoisotopic (exact) mass is 324 g/mol. The molecule has 0 spiro atoms. The van der Waals surface area contributed by atoms with E-state index in [9.17, 15) is 0 Å². The van der Waals surface area contributed by atoms with Crippen molar-refractivity contribution >= 4 is 5.71 Å². The van der Waals surface area contributed by atoms with Crippen molar-refractivity contribution in [1.29, 1.82) is 0 Å². The zero-order valence-corrected chi connectivity index (χ0v) is 13.1. The summed E-state index contributed by atoms with van der Waals surface area (Å²) in [5, 5.41) is 24.8. The van der Waals surface area contributed by atoms with E-state index < -0.39 is 0 Å². The Morgan fingerprint density at radius 3 is 2.62 bits per heavy atom.